The number of likely N-dealkylation sites (N-methyl/N-ethyl adjacent to an activating group) is 1. The predicted molar refractivity (Wildman–Crippen MR) is 83.9 cm³/mol. The Balaban J connectivity index is 2.16. The molecule has 1 saturated carbocycles. The van der Waals surface area contributed by atoms with Gasteiger partial charge in [0.15, 0.2) is 11.6 Å². The Kier molecular flexibility index (Phi) is 5.59. The molecule has 1 aromatic rings. The minimum atomic E-state index is -0.295. The lowest BCUT2D eigenvalue weighted by Crippen LogP contribution is -2.54. The van der Waals surface area contributed by atoms with Gasteiger partial charge >= 0.3 is 0 Å². The number of rotatable bonds is 6. The van der Waals surface area contributed by atoms with Crippen LogP contribution in [0.15, 0.2) is 18.2 Å². The number of ether oxygens (including phenoxy) is 1. The maximum atomic E-state index is 13.9. The number of hydrogen-bond donors (Lipinski definition) is 1. The third-order valence-corrected chi connectivity index (χ3v) is 4.81. The van der Waals surface area contributed by atoms with E-state index >= 15 is 0 Å². The standard InChI is InChI=1S/C17H27FN2O/c1-3-20(17(13-19)9-5-4-6-10-17)12-14-7-8-16(21-2)15(18)11-14/h7-8,11H,3-6,9-10,12-13,19H2,1-2H3. The van der Waals surface area contributed by atoms with Gasteiger partial charge in [-0.3, -0.25) is 4.90 Å². The van der Waals surface area contributed by atoms with Crippen LogP contribution in [0.3, 0.4) is 0 Å². The van der Waals surface area contributed by atoms with E-state index in [1.807, 2.05) is 6.07 Å². The predicted octanol–water partition coefficient (Wildman–Crippen LogP) is 3.32. The smallest absolute Gasteiger partial charge is 0.165 e. The molecule has 0 radical (unpaired) electrons. The molecule has 1 fully saturated rings. The summed E-state index contributed by atoms with van der Waals surface area (Å²) in [5.41, 5.74) is 7.18. The van der Waals surface area contributed by atoms with Crippen LogP contribution in [0.2, 0.25) is 0 Å². The lowest BCUT2D eigenvalue weighted by Gasteiger charge is -2.45. The second kappa shape index (κ2) is 7.23. The fourth-order valence-electron chi connectivity index (χ4n) is 3.50. The van der Waals surface area contributed by atoms with Crippen LogP contribution in [0, 0.1) is 5.82 Å². The Morgan fingerprint density at radius 2 is 2.00 bits per heavy atom. The number of nitrogens with two attached hydrogens (primary N) is 1. The van der Waals surface area contributed by atoms with Crippen molar-refractivity contribution in [3.05, 3.63) is 29.6 Å². The molecular formula is C17H27FN2O. The highest BCUT2D eigenvalue weighted by molar-refractivity contribution is 5.29. The summed E-state index contributed by atoms with van der Waals surface area (Å²) in [7, 11) is 1.49. The molecule has 3 nitrogen and oxygen atoms in total. The minimum Gasteiger partial charge on any atom is -0.494 e. The van der Waals surface area contributed by atoms with Crippen LogP contribution >= 0.6 is 0 Å². The third-order valence-electron chi connectivity index (χ3n) is 4.81. The van der Waals surface area contributed by atoms with Gasteiger partial charge in [-0.15, -0.1) is 0 Å². The number of methoxy groups -OCH3 is 1. The van der Waals surface area contributed by atoms with Crippen LogP contribution in [0.4, 0.5) is 4.39 Å². The van der Waals surface area contributed by atoms with Gasteiger partial charge < -0.3 is 10.5 Å². The largest absolute Gasteiger partial charge is 0.494 e. The lowest BCUT2D eigenvalue weighted by molar-refractivity contribution is 0.0545. The highest BCUT2D eigenvalue weighted by Gasteiger charge is 2.35. The zero-order chi connectivity index (χ0) is 15.3. The van der Waals surface area contributed by atoms with E-state index in [1.54, 1.807) is 12.1 Å². The van der Waals surface area contributed by atoms with E-state index in [2.05, 4.69) is 11.8 Å². The second-order valence-electron chi connectivity index (χ2n) is 5.97. The number of hydrogen-bond acceptors (Lipinski definition) is 3. The maximum absolute atomic E-state index is 13.9. The van der Waals surface area contributed by atoms with Crippen LogP contribution in [0.1, 0.15) is 44.6 Å². The zero-order valence-corrected chi connectivity index (χ0v) is 13.2. The van der Waals surface area contributed by atoms with Crippen LogP contribution in [-0.2, 0) is 6.54 Å². The molecule has 0 aliphatic heterocycles. The molecule has 0 atom stereocenters. The number of nitrogens with zero attached hydrogens (tertiary/aromatic N) is 1. The summed E-state index contributed by atoms with van der Waals surface area (Å²) in [6.45, 7) is 4.52. The zero-order valence-electron chi connectivity index (χ0n) is 13.2. The van der Waals surface area contributed by atoms with E-state index in [9.17, 15) is 4.39 Å². The van der Waals surface area contributed by atoms with Crippen molar-refractivity contribution in [2.45, 2.75) is 51.1 Å². The highest BCUT2D eigenvalue weighted by atomic mass is 19.1. The average Bonchev–Trinajstić information content (AvgIpc) is 2.53. The highest BCUT2D eigenvalue weighted by Crippen LogP contribution is 2.34. The van der Waals surface area contributed by atoms with Crippen molar-refractivity contribution in [2.24, 2.45) is 5.73 Å². The Bertz CT molecular complexity index is 458. The topological polar surface area (TPSA) is 38.5 Å². The fraction of sp³-hybridized carbons (Fsp3) is 0.647. The third kappa shape index (κ3) is 3.55. The summed E-state index contributed by atoms with van der Waals surface area (Å²) >= 11 is 0. The van der Waals surface area contributed by atoms with Gasteiger partial charge in [0.2, 0.25) is 0 Å². The maximum Gasteiger partial charge on any atom is 0.165 e. The van der Waals surface area contributed by atoms with E-state index < -0.39 is 0 Å². The van der Waals surface area contributed by atoms with Gasteiger partial charge in [-0.2, -0.15) is 0 Å². The van der Waals surface area contributed by atoms with Gasteiger partial charge in [0, 0.05) is 18.6 Å². The minimum absolute atomic E-state index is 0.0867. The quantitative estimate of drug-likeness (QED) is 0.874. The van der Waals surface area contributed by atoms with Gasteiger partial charge in [-0.1, -0.05) is 32.3 Å². The molecule has 118 valence electrons. The molecule has 2 rings (SSSR count). The molecule has 2 N–H and O–H groups in total. The van der Waals surface area contributed by atoms with E-state index in [0.717, 1.165) is 31.5 Å². The van der Waals surface area contributed by atoms with E-state index in [4.69, 9.17) is 10.5 Å². The van der Waals surface area contributed by atoms with Crippen molar-refractivity contribution < 1.29 is 9.13 Å². The molecule has 0 saturated heterocycles. The molecule has 4 heteroatoms. The van der Waals surface area contributed by atoms with Crippen LogP contribution in [-0.4, -0.2) is 30.6 Å². The van der Waals surface area contributed by atoms with Crippen molar-refractivity contribution in [3.8, 4) is 5.75 Å². The van der Waals surface area contributed by atoms with E-state index in [1.165, 1.54) is 26.4 Å². The first-order valence-corrected chi connectivity index (χ1v) is 7.93. The Morgan fingerprint density at radius 3 is 2.52 bits per heavy atom. The Hall–Kier alpha value is -1.13. The number of benzene rings is 1. The second-order valence-corrected chi connectivity index (χ2v) is 5.97. The van der Waals surface area contributed by atoms with E-state index in [-0.39, 0.29) is 11.4 Å². The molecular weight excluding hydrogens is 267 g/mol. The molecule has 0 amide bonds. The first kappa shape index (κ1) is 16.2. The summed E-state index contributed by atoms with van der Waals surface area (Å²) in [6, 6.07) is 5.22. The molecule has 0 bridgehead atoms. The fourth-order valence-corrected chi connectivity index (χ4v) is 3.50. The summed E-state index contributed by atoms with van der Waals surface area (Å²) < 4.78 is 18.8. The Labute approximate surface area is 127 Å². The molecule has 0 aromatic heterocycles. The average molecular weight is 294 g/mol. The van der Waals surface area contributed by atoms with Crippen LogP contribution in [0.25, 0.3) is 0 Å². The monoisotopic (exact) mass is 294 g/mol. The first-order valence-electron chi connectivity index (χ1n) is 7.93. The molecule has 21 heavy (non-hydrogen) atoms. The van der Waals surface area contributed by atoms with Crippen LogP contribution < -0.4 is 10.5 Å². The molecule has 1 aliphatic rings. The van der Waals surface area contributed by atoms with E-state index in [0.29, 0.717) is 12.3 Å². The van der Waals surface area contributed by atoms with Gasteiger partial charge in [0.25, 0.3) is 0 Å². The molecule has 1 aliphatic carbocycles. The van der Waals surface area contributed by atoms with Crippen LogP contribution in [0.5, 0.6) is 5.75 Å². The summed E-state index contributed by atoms with van der Waals surface area (Å²) in [6.07, 6.45) is 6.08. The van der Waals surface area contributed by atoms with Gasteiger partial charge in [-0.05, 0) is 37.1 Å². The van der Waals surface area contributed by atoms with Gasteiger partial charge in [0.05, 0.1) is 7.11 Å². The summed E-state index contributed by atoms with van der Waals surface area (Å²) in [4.78, 5) is 2.42. The van der Waals surface area contributed by atoms with Crippen molar-refractivity contribution in [3.63, 3.8) is 0 Å². The molecule has 1 aromatic carbocycles. The van der Waals surface area contributed by atoms with Gasteiger partial charge in [-0.25, -0.2) is 4.39 Å². The molecule has 0 spiro atoms. The first-order chi connectivity index (χ1) is 10.1. The van der Waals surface area contributed by atoms with Crippen molar-refractivity contribution in [1.82, 2.24) is 4.90 Å². The van der Waals surface area contributed by atoms with Crippen molar-refractivity contribution in [2.75, 3.05) is 20.2 Å². The molecule has 0 heterocycles. The Morgan fingerprint density at radius 1 is 1.29 bits per heavy atom. The van der Waals surface area contributed by atoms with Crippen molar-refractivity contribution in [1.29, 1.82) is 0 Å². The summed E-state index contributed by atoms with van der Waals surface area (Å²) in [5.74, 6) is 0.00417. The molecule has 0 unspecified atom stereocenters. The number of halogens is 1. The lowest BCUT2D eigenvalue weighted by atomic mass is 9.80. The van der Waals surface area contributed by atoms with Gasteiger partial charge in [0.1, 0.15) is 0 Å². The normalized spacial score (nSPS) is 18.0. The summed E-state index contributed by atoms with van der Waals surface area (Å²) in [5, 5.41) is 0. The van der Waals surface area contributed by atoms with Crippen molar-refractivity contribution >= 4 is 0 Å². The SMILES string of the molecule is CCN(Cc1ccc(OC)c(F)c1)C1(CN)CCCCC1.